The average molecular weight is 782 g/mol. The molecule has 1 N–H and O–H groups in total. The predicted octanol–water partition coefficient (Wildman–Crippen LogP) is 4.63. The number of benzene rings is 1. The van der Waals surface area contributed by atoms with E-state index in [1.54, 1.807) is 48.0 Å². The van der Waals surface area contributed by atoms with Gasteiger partial charge in [0.2, 0.25) is 5.91 Å². The first-order valence-electron chi connectivity index (χ1n) is 20.3. The number of likely N-dealkylation sites (tertiary alicyclic amines) is 2. The van der Waals surface area contributed by atoms with Crippen molar-refractivity contribution in [3.63, 3.8) is 0 Å². The molecule has 3 aliphatic rings. The van der Waals surface area contributed by atoms with Crippen LogP contribution in [-0.2, 0) is 35.7 Å². The zero-order valence-corrected chi connectivity index (χ0v) is 33.4. The van der Waals surface area contributed by atoms with E-state index < -0.39 is 6.03 Å². The van der Waals surface area contributed by atoms with Crippen LogP contribution in [0, 0.1) is 0 Å². The van der Waals surface area contributed by atoms with Crippen LogP contribution >= 0.6 is 0 Å². The third-order valence-electron chi connectivity index (χ3n) is 11.6. The Hall–Kier alpha value is -5.05. The first-order chi connectivity index (χ1) is 27.7. The number of aryl methyl sites for hydroxylation is 1. The van der Waals surface area contributed by atoms with E-state index >= 15 is 0 Å². The summed E-state index contributed by atoms with van der Waals surface area (Å²) in [7, 11) is 3.39. The van der Waals surface area contributed by atoms with Crippen molar-refractivity contribution in [1.82, 2.24) is 34.1 Å². The monoisotopic (exact) mass is 781 g/mol. The number of aromatic nitrogens is 3. The highest BCUT2D eigenvalue weighted by atomic mass is 16.5. The van der Waals surface area contributed by atoms with E-state index in [2.05, 4.69) is 33.1 Å². The number of amides is 3. The molecule has 0 bridgehead atoms. The minimum Gasteiger partial charge on any atom is -0.496 e. The van der Waals surface area contributed by atoms with Crippen LogP contribution in [-0.4, -0.2) is 106 Å². The van der Waals surface area contributed by atoms with E-state index in [1.807, 2.05) is 24.4 Å². The summed E-state index contributed by atoms with van der Waals surface area (Å²) in [6.45, 7) is 9.01. The highest BCUT2D eigenvalue weighted by molar-refractivity contribution is 5.97. The van der Waals surface area contributed by atoms with Crippen molar-refractivity contribution in [2.75, 3.05) is 53.5 Å². The van der Waals surface area contributed by atoms with Gasteiger partial charge in [0, 0.05) is 112 Å². The van der Waals surface area contributed by atoms with Crippen LogP contribution in [0.5, 0.6) is 11.5 Å². The van der Waals surface area contributed by atoms with Gasteiger partial charge in [0.1, 0.15) is 11.5 Å². The number of piperidine rings is 2. The molecule has 0 unspecified atom stereocenters. The Balaban J connectivity index is 0.904. The van der Waals surface area contributed by atoms with Crippen molar-refractivity contribution in [2.24, 2.45) is 0 Å². The molecule has 0 radical (unpaired) electrons. The molecule has 1 aromatic carbocycles. The fourth-order valence-electron chi connectivity index (χ4n) is 8.32. The van der Waals surface area contributed by atoms with Crippen molar-refractivity contribution >= 4 is 22.7 Å². The number of imide groups is 1. The summed E-state index contributed by atoms with van der Waals surface area (Å²) >= 11 is 0. The molecule has 6 heterocycles. The predicted molar refractivity (Wildman–Crippen MR) is 218 cm³/mol. The molecule has 3 amide bonds. The Bertz CT molecular complexity index is 2170. The second-order valence-electron chi connectivity index (χ2n) is 15.4. The highest BCUT2D eigenvalue weighted by Crippen LogP contribution is 2.39. The van der Waals surface area contributed by atoms with Gasteiger partial charge in [0.15, 0.2) is 0 Å². The van der Waals surface area contributed by atoms with E-state index in [9.17, 15) is 19.2 Å². The van der Waals surface area contributed by atoms with Gasteiger partial charge in [-0.25, -0.2) is 4.79 Å². The van der Waals surface area contributed by atoms with Crippen LogP contribution in [0.3, 0.4) is 0 Å². The summed E-state index contributed by atoms with van der Waals surface area (Å²) in [6, 6.07) is 9.16. The molecule has 3 aliphatic heterocycles. The topological polar surface area (TPSA) is 140 Å². The molecule has 0 spiro atoms. The summed E-state index contributed by atoms with van der Waals surface area (Å²) in [4.78, 5) is 60.7. The largest absolute Gasteiger partial charge is 0.496 e. The molecule has 57 heavy (non-hydrogen) atoms. The summed E-state index contributed by atoms with van der Waals surface area (Å²) in [6.07, 6.45) is 13.6. The van der Waals surface area contributed by atoms with Gasteiger partial charge in [0.25, 0.3) is 11.1 Å². The molecule has 0 aliphatic carbocycles. The van der Waals surface area contributed by atoms with E-state index in [4.69, 9.17) is 14.2 Å². The normalized spacial score (nSPS) is 17.6. The molecule has 0 atom stereocenters. The lowest BCUT2D eigenvalue weighted by atomic mass is 9.98. The minimum absolute atomic E-state index is 0.0338. The number of urea groups is 1. The number of hydrogen-bond donors (Lipinski definition) is 1. The second kappa shape index (κ2) is 18.5. The number of carbonyl (C=O) groups excluding carboxylic acids is 2. The number of fused-ring (bicyclic) bond motifs is 1. The number of ether oxygens (including phenoxy) is 3. The van der Waals surface area contributed by atoms with Crippen LogP contribution in [0.25, 0.3) is 21.9 Å². The SMILES string of the molecule is CCCCn1cc(-c2cc(OC)c(CN3CCC(OC4CCN(CCn5cccc(CN6CCC(=O)NC6=O)c5=O)CC4)CC3)cc2OC)c2ccncc2c1=O. The Labute approximate surface area is 333 Å². The Morgan fingerprint density at radius 2 is 1.49 bits per heavy atom. The lowest BCUT2D eigenvalue weighted by Gasteiger charge is -2.37. The van der Waals surface area contributed by atoms with Crippen molar-refractivity contribution < 1.29 is 23.8 Å². The average Bonchev–Trinajstić information content (AvgIpc) is 3.23. The number of methoxy groups -OCH3 is 2. The molecular weight excluding hydrogens is 727 g/mol. The van der Waals surface area contributed by atoms with Gasteiger partial charge in [-0.1, -0.05) is 19.4 Å². The Kier molecular flexibility index (Phi) is 13.0. The van der Waals surface area contributed by atoms with Crippen LogP contribution < -0.4 is 25.9 Å². The van der Waals surface area contributed by atoms with E-state index in [-0.39, 0.29) is 42.2 Å². The highest BCUT2D eigenvalue weighted by Gasteiger charge is 2.28. The fraction of sp³-hybridized carbons (Fsp3) is 0.512. The number of nitrogens with one attached hydrogen (secondary N) is 1. The van der Waals surface area contributed by atoms with Crippen molar-refractivity contribution in [3.8, 4) is 22.6 Å². The summed E-state index contributed by atoms with van der Waals surface area (Å²) in [5.41, 5.74) is 3.25. The standard InChI is InChI=1S/C43H55N7O7/c1-4-5-15-49-29-37(34-8-14-44-26-36(34)42(49)53)35-25-38(55-2)31(24-39(35)56-3)27-47-19-11-33(12-20-47)57-32-9-17-46(18-10-32)22-23-48-16-6-7-30(41(48)52)28-50-21-13-40(51)45-43(50)54/h6-8,14,16,24-26,29,32-33H,4-5,9-13,15,17-23,27-28H2,1-3H3,(H,45,51,54). The zero-order valence-electron chi connectivity index (χ0n) is 33.4. The van der Waals surface area contributed by atoms with Crippen LogP contribution in [0.15, 0.2) is 64.7 Å². The first-order valence-corrected chi connectivity index (χ1v) is 20.3. The number of hydrogen-bond acceptors (Lipinski definition) is 10. The molecule has 4 aromatic rings. The number of pyridine rings is 3. The van der Waals surface area contributed by atoms with Crippen molar-refractivity contribution in [1.29, 1.82) is 0 Å². The quantitative estimate of drug-likeness (QED) is 0.182. The van der Waals surface area contributed by atoms with Crippen LogP contribution in [0.2, 0.25) is 0 Å². The molecule has 7 rings (SSSR count). The van der Waals surface area contributed by atoms with Crippen molar-refractivity contribution in [3.05, 3.63) is 87.0 Å². The molecular formula is C43H55N7O7. The van der Waals surface area contributed by atoms with E-state index in [0.717, 1.165) is 111 Å². The first kappa shape index (κ1) is 40.2. The molecule has 14 nitrogen and oxygen atoms in total. The molecule has 3 fully saturated rings. The molecule has 14 heteroatoms. The lowest BCUT2D eigenvalue weighted by molar-refractivity contribution is -0.121. The van der Waals surface area contributed by atoms with Gasteiger partial charge in [0.05, 0.1) is 38.4 Å². The minimum atomic E-state index is -0.450. The zero-order chi connectivity index (χ0) is 39.9. The molecule has 0 saturated carbocycles. The second-order valence-corrected chi connectivity index (χ2v) is 15.4. The van der Waals surface area contributed by atoms with Gasteiger partial charge in [-0.2, -0.15) is 0 Å². The molecule has 3 saturated heterocycles. The summed E-state index contributed by atoms with van der Waals surface area (Å²) in [5, 5.41) is 3.75. The number of nitrogens with zero attached hydrogens (tertiary/aromatic N) is 6. The number of carbonyl (C=O) groups is 2. The fourth-order valence-corrected chi connectivity index (χ4v) is 8.32. The number of rotatable bonds is 15. The van der Waals surface area contributed by atoms with Crippen LogP contribution in [0.4, 0.5) is 4.79 Å². The Morgan fingerprint density at radius 3 is 2.19 bits per heavy atom. The van der Waals surface area contributed by atoms with Gasteiger partial charge < -0.3 is 33.1 Å². The van der Waals surface area contributed by atoms with Crippen molar-refractivity contribution in [2.45, 2.75) is 90.3 Å². The van der Waals surface area contributed by atoms with Gasteiger partial charge in [-0.15, -0.1) is 0 Å². The Morgan fingerprint density at radius 1 is 0.754 bits per heavy atom. The molecule has 304 valence electrons. The molecule has 3 aromatic heterocycles. The van der Waals surface area contributed by atoms with Crippen LogP contribution in [0.1, 0.15) is 63.0 Å². The van der Waals surface area contributed by atoms with Gasteiger partial charge >= 0.3 is 6.03 Å². The lowest BCUT2D eigenvalue weighted by Crippen LogP contribution is -2.49. The van der Waals surface area contributed by atoms with E-state index in [1.165, 1.54) is 4.90 Å². The van der Waals surface area contributed by atoms with Gasteiger partial charge in [-0.05, 0) is 61.8 Å². The summed E-state index contributed by atoms with van der Waals surface area (Å²) < 4.78 is 22.1. The smallest absolute Gasteiger partial charge is 0.324 e. The third kappa shape index (κ3) is 9.40. The van der Waals surface area contributed by atoms with E-state index in [0.29, 0.717) is 30.6 Å². The third-order valence-corrected chi connectivity index (χ3v) is 11.6. The summed E-state index contributed by atoms with van der Waals surface area (Å²) in [5.74, 6) is 1.23. The number of unbranched alkanes of at least 4 members (excludes halogenated alkanes) is 1. The maximum Gasteiger partial charge on any atom is 0.324 e. The maximum absolute atomic E-state index is 13.3. The maximum atomic E-state index is 13.3. The van der Waals surface area contributed by atoms with Gasteiger partial charge in [-0.3, -0.25) is 29.6 Å².